The van der Waals surface area contributed by atoms with Crippen molar-refractivity contribution in [2.45, 2.75) is 0 Å². The normalized spacial score (nSPS) is 10.0. The van der Waals surface area contributed by atoms with E-state index in [-0.39, 0.29) is 0 Å². The van der Waals surface area contributed by atoms with E-state index >= 15 is 0 Å². The molecule has 52 valence electrons. The van der Waals surface area contributed by atoms with Crippen LogP contribution in [0.15, 0.2) is 12.2 Å². The number of carbonyl (C=O) groups excluding carboxylic acids is 1. The lowest BCUT2D eigenvalue weighted by atomic mass is 10.5. The predicted molar refractivity (Wildman–Crippen MR) is 41.7 cm³/mol. The van der Waals surface area contributed by atoms with Crippen LogP contribution < -0.4 is 0 Å². The van der Waals surface area contributed by atoms with Crippen molar-refractivity contribution in [3.8, 4) is 0 Å². The maximum Gasteiger partial charge on any atom is 0.209 e. The van der Waals surface area contributed by atoms with Crippen molar-refractivity contribution in [2.24, 2.45) is 0 Å². The van der Waals surface area contributed by atoms with Gasteiger partial charge < -0.3 is 4.90 Å². The van der Waals surface area contributed by atoms with Crippen LogP contribution in [0.1, 0.15) is 0 Å². The summed E-state index contributed by atoms with van der Waals surface area (Å²) >= 11 is 3.96. The lowest BCUT2D eigenvalue weighted by Crippen LogP contribution is -2.14. The molecule has 0 aliphatic rings. The van der Waals surface area contributed by atoms with Gasteiger partial charge in [0.05, 0.1) is 0 Å². The van der Waals surface area contributed by atoms with E-state index in [0.717, 1.165) is 12.2 Å². The highest BCUT2D eigenvalue weighted by atomic mass is 32.1. The first-order valence-electron chi connectivity index (χ1n) is 2.72. The second-order valence-electron chi connectivity index (χ2n) is 1.70. The number of likely N-dealkylation sites (N-methyl/N-ethyl adjacent to an activating group) is 1. The molecule has 0 aromatic carbocycles. The lowest BCUT2D eigenvalue weighted by molar-refractivity contribution is -0.116. The van der Waals surface area contributed by atoms with E-state index in [2.05, 4.69) is 12.6 Å². The monoisotopic (exact) mass is 145 g/mol. The van der Waals surface area contributed by atoms with Gasteiger partial charge in [-0.1, -0.05) is 12.2 Å². The number of nitrogens with zero attached hydrogens (tertiary/aromatic N) is 1. The first-order valence-corrected chi connectivity index (χ1v) is 3.36. The smallest absolute Gasteiger partial charge is 0.209 e. The Morgan fingerprint density at radius 2 is 2.22 bits per heavy atom. The van der Waals surface area contributed by atoms with Crippen LogP contribution in [-0.2, 0) is 4.79 Å². The highest BCUT2D eigenvalue weighted by Gasteiger charge is 1.83. The number of hydrogen-bond acceptors (Lipinski definition) is 2. The number of rotatable bonds is 4. The van der Waals surface area contributed by atoms with Gasteiger partial charge in [0.25, 0.3) is 0 Å². The number of carbonyl (C=O) groups is 1. The van der Waals surface area contributed by atoms with Crippen molar-refractivity contribution in [3.05, 3.63) is 12.2 Å². The molecule has 0 heterocycles. The summed E-state index contributed by atoms with van der Waals surface area (Å²) in [5.74, 6) is 0.729. The maximum absolute atomic E-state index is 9.97. The molecule has 3 heteroatoms. The van der Waals surface area contributed by atoms with Gasteiger partial charge in [0.1, 0.15) is 0 Å². The second kappa shape index (κ2) is 5.69. The maximum atomic E-state index is 9.97. The molecule has 2 nitrogen and oxygen atoms in total. The third-order valence-corrected chi connectivity index (χ3v) is 1.06. The standard InChI is InChI=1S/C6H11NOS/c1-7(6-8)4-2-3-5-9/h2-3,6,9H,4-5H2,1H3. The van der Waals surface area contributed by atoms with Crippen molar-refractivity contribution < 1.29 is 4.79 Å². The van der Waals surface area contributed by atoms with E-state index in [1.54, 1.807) is 11.9 Å². The molecule has 0 N–H and O–H groups in total. The SMILES string of the molecule is CN(C=O)CC=CCS. The van der Waals surface area contributed by atoms with Crippen LogP contribution in [0.25, 0.3) is 0 Å². The van der Waals surface area contributed by atoms with Crippen LogP contribution in [0.4, 0.5) is 0 Å². The van der Waals surface area contributed by atoms with Gasteiger partial charge in [-0.2, -0.15) is 12.6 Å². The number of thiol groups is 1. The molecule has 0 aromatic rings. The Labute approximate surface area is 61.0 Å². The van der Waals surface area contributed by atoms with Crippen LogP contribution >= 0.6 is 12.6 Å². The van der Waals surface area contributed by atoms with E-state index < -0.39 is 0 Å². The zero-order valence-corrected chi connectivity index (χ0v) is 6.34. The van der Waals surface area contributed by atoms with Crippen molar-refractivity contribution in [1.82, 2.24) is 4.90 Å². The fraction of sp³-hybridized carbons (Fsp3) is 0.500. The molecular formula is C6H11NOS. The zero-order valence-electron chi connectivity index (χ0n) is 5.45. The van der Waals surface area contributed by atoms with Gasteiger partial charge in [-0.3, -0.25) is 4.79 Å². The summed E-state index contributed by atoms with van der Waals surface area (Å²) in [7, 11) is 1.73. The van der Waals surface area contributed by atoms with Crippen molar-refractivity contribution >= 4 is 19.0 Å². The Morgan fingerprint density at radius 1 is 1.56 bits per heavy atom. The number of amides is 1. The molecule has 0 rings (SSSR count). The minimum atomic E-state index is 0.671. The van der Waals surface area contributed by atoms with Crippen LogP contribution in [0.2, 0.25) is 0 Å². The minimum absolute atomic E-state index is 0.671. The average molecular weight is 145 g/mol. The van der Waals surface area contributed by atoms with Gasteiger partial charge in [-0.15, -0.1) is 0 Å². The van der Waals surface area contributed by atoms with E-state index in [1.165, 1.54) is 0 Å². The van der Waals surface area contributed by atoms with E-state index in [0.29, 0.717) is 6.54 Å². The molecular weight excluding hydrogens is 134 g/mol. The molecule has 0 unspecified atom stereocenters. The van der Waals surface area contributed by atoms with E-state index in [1.807, 2.05) is 12.2 Å². The van der Waals surface area contributed by atoms with Gasteiger partial charge in [-0.05, 0) is 0 Å². The Hall–Kier alpha value is -0.440. The van der Waals surface area contributed by atoms with Gasteiger partial charge in [0.15, 0.2) is 0 Å². The third kappa shape index (κ3) is 5.43. The summed E-state index contributed by atoms with van der Waals surface area (Å²) in [6.07, 6.45) is 4.60. The average Bonchev–Trinajstić information content (AvgIpc) is 1.89. The van der Waals surface area contributed by atoms with Crippen LogP contribution in [0.3, 0.4) is 0 Å². The summed E-state index contributed by atoms with van der Waals surface area (Å²) in [5, 5.41) is 0. The highest BCUT2D eigenvalue weighted by Crippen LogP contribution is 1.79. The second-order valence-corrected chi connectivity index (χ2v) is 2.06. The Morgan fingerprint density at radius 3 is 2.67 bits per heavy atom. The molecule has 9 heavy (non-hydrogen) atoms. The summed E-state index contributed by atoms with van der Waals surface area (Å²) < 4.78 is 0. The largest absolute Gasteiger partial charge is 0.345 e. The van der Waals surface area contributed by atoms with Gasteiger partial charge in [0.2, 0.25) is 6.41 Å². The highest BCUT2D eigenvalue weighted by molar-refractivity contribution is 7.80. The molecule has 1 amide bonds. The van der Waals surface area contributed by atoms with Crippen LogP contribution in [-0.4, -0.2) is 30.7 Å². The molecule has 0 aromatic heterocycles. The fourth-order valence-electron chi connectivity index (χ4n) is 0.358. The first-order chi connectivity index (χ1) is 4.31. The molecule has 0 radical (unpaired) electrons. The predicted octanol–water partition coefficient (Wildman–Crippen LogP) is 0.561. The molecule has 0 aliphatic heterocycles. The summed E-state index contributed by atoms with van der Waals surface area (Å²) in [4.78, 5) is 11.5. The summed E-state index contributed by atoms with van der Waals surface area (Å²) in [6.45, 7) is 0.671. The van der Waals surface area contributed by atoms with Crippen molar-refractivity contribution in [3.63, 3.8) is 0 Å². The minimum Gasteiger partial charge on any atom is -0.345 e. The van der Waals surface area contributed by atoms with Gasteiger partial charge in [-0.25, -0.2) is 0 Å². The Bertz CT molecular complexity index is 103. The van der Waals surface area contributed by atoms with E-state index in [9.17, 15) is 4.79 Å². The molecule has 0 atom stereocenters. The molecule has 0 fully saturated rings. The summed E-state index contributed by atoms with van der Waals surface area (Å²) in [6, 6.07) is 0. The van der Waals surface area contributed by atoms with Crippen LogP contribution in [0, 0.1) is 0 Å². The lowest BCUT2D eigenvalue weighted by Gasteiger charge is -2.04. The molecule has 0 bridgehead atoms. The number of hydrogen-bond donors (Lipinski definition) is 1. The van der Waals surface area contributed by atoms with Crippen molar-refractivity contribution in [2.75, 3.05) is 19.3 Å². The van der Waals surface area contributed by atoms with Gasteiger partial charge in [0, 0.05) is 19.3 Å². The molecule has 0 saturated carbocycles. The van der Waals surface area contributed by atoms with E-state index in [4.69, 9.17) is 0 Å². The zero-order chi connectivity index (χ0) is 7.11. The quantitative estimate of drug-likeness (QED) is 0.348. The van der Waals surface area contributed by atoms with Crippen LogP contribution in [0.5, 0.6) is 0 Å². The molecule has 0 spiro atoms. The summed E-state index contributed by atoms with van der Waals surface area (Å²) in [5.41, 5.74) is 0. The molecule has 0 aliphatic carbocycles. The van der Waals surface area contributed by atoms with Crippen molar-refractivity contribution in [1.29, 1.82) is 0 Å². The topological polar surface area (TPSA) is 20.3 Å². The fourth-order valence-corrected chi connectivity index (χ4v) is 0.507. The first kappa shape index (κ1) is 8.56. The third-order valence-electron chi connectivity index (χ3n) is 0.845. The Balaban J connectivity index is 3.25. The Kier molecular flexibility index (Phi) is 5.41. The molecule has 0 saturated heterocycles. The van der Waals surface area contributed by atoms with Gasteiger partial charge >= 0.3 is 0 Å².